The Balaban J connectivity index is 2.33. The third-order valence-corrected chi connectivity index (χ3v) is 2.84. The van der Waals surface area contributed by atoms with Crippen LogP contribution in [0.5, 0.6) is 0 Å². The minimum Gasteiger partial charge on any atom is -0.390 e. The van der Waals surface area contributed by atoms with Gasteiger partial charge in [0.15, 0.2) is 0 Å². The first-order chi connectivity index (χ1) is 5.70. The van der Waals surface area contributed by atoms with E-state index in [2.05, 4.69) is 11.8 Å². The van der Waals surface area contributed by atoms with E-state index in [1.807, 2.05) is 0 Å². The van der Waals surface area contributed by atoms with Crippen molar-refractivity contribution in [3.8, 4) is 0 Å². The first kappa shape index (κ1) is 9.96. The lowest BCUT2D eigenvalue weighted by atomic mass is 9.88. The first-order valence-electron chi connectivity index (χ1n) is 4.85. The molecule has 0 aromatic rings. The van der Waals surface area contributed by atoms with Crippen molar-refractivity contribution in [2.24, 2.45) is 5.73 Å². The van der Waals surface area contributed by atoms with Crippen molar-refractivity contribution >= 4 is 0 Å². The van der Waals surface area contributed by atoms with Crippen molar-refractivity contribution in [2.45, 2.75) is 31.8 Å². The zero-order chi connectivity index (χ0) is 9.03. The molecule has 3 heteroatoms. The van der Waals surface area contributed by atoms with Gasteiger partial charge in [-0.1, -0.05) is 6.92 Å². The number of aliphatic hydroxyl groups is 1. The SMILES string of the molecule is CCN1CCC(O)(CCN)CC1. The molecule has 1 saturated heterocycles. The second kappa shape index (κ2) is 4.21. The van der Waals surface area contributed by atoms with Gasteiger partial charge in [-0.3, -0.25) is 0 Å². The molecule has 0 aromatic carbocycles. The van der Waals surface area contributed by atoms with Gasteiger partial charge in [0.05, 0.1) is 5.60 Å². The van der Waals surface area contributed by atoms with Crippen molar-refractivity contribution in [1.82, 2.24) is 4.90 Å². The summed E-state index contributed by atoms with van der Waals surface area (Å²) in [7, 11) is 0. The zero-order valence-electron chi connectivity index (χ0n) is 7.92. The molecule has 0 aromatic heterocycles. The number of hydrogen-bond donors (Lipinski definition) is 2. The molecule has 0 radical (unpaired) electrons. The van der Waals surface area contributed by atoms with Gasteiger partial charge in [-0.15, -0.1) is 0 Å². The molecule has 1 heterocycles. The molecule has 0 atom stereocenters. The average molecular weight is 172 g/mol. The molecule has 3 N–H and O–H groups in total. The zero-order valence-corrected chi connectivity index (χ0v) is 7.92. The predicted octanol–water partition coefficient (Wildman–Crippen LogP) is 0.182. The Hall–Kier alpha value is -0.120. The van der Waals surface area contributed by atoms with Crippen LogP contribution >= 0.6 is 0 Å². The molecule has 3 nitrogen and oxygen atoms in total. The molecule has 72 valence electrons. The third-order valence-electron chi connectivity index (χ3n) is 2.84. The molecule has 12 heavy (non-hydrogen) atoms. The van der Waals surface area contributed by atoms with Gasteiger partial charge in [0.25, 0.3) is 0 Å². The van der Waals surface area contributed by atoms with Crippen LogP contribution in [0.1, 0.15) is 26.2 Å². The van der Waals surface area contributed by atoms with E-state index >= 15 is 0 Å². The van der Waals surface area contributed by atoms with E-state index in [9.17, 15) is 5.11 Å². The summed E-state index contributed by atoms with van der Waals surface area (Å²) in [5, 5.41) is 9.98. The summed E-state index contributed by atoms with van der Waals surface area (Å²) in [6, 6.07) is 0. The average Bonchev–Trinajstić information content (AvgIpc) is 2.06. The Morgan fingerprint density at radius 3 is 2.42 bits per heavy atom. The first-order valence-corrected chi connectivity index (χ1v) is 4.85. The summed E-state index contributed by atoms with van der Waals surface area (Å²) < 4.78 is 0. The van der Waals surface area contributed by atoms with Gasteiger partial charge in [-0.2, -0.15) is 0 Å². The molecule has 0 spiro atoms. The van der Waals surface area contributed by atoms with Gasteiger partial charge in [0.2, 0.25) is 0 Å². The molecule has 0 saturated carbocycles. The molecule has 0 aliphatic carbocycles. The Labute approximate surface area is 74.5 Å². The fourth-order valence-corrected chi connectivity index (χ4v) is 1.80. The second-order valence-electron chi connectivity index (χ2n) is 3.70. The Kier molecular flexibility index (Phi) is 3.50. The molecular weight excluding hydrogens is 152 g/mol. The van der Waals surface area contributed by atoms with Gasteiger partial charge in [0, 0.05) is 13.1 Å². The van der Waals surface area contributed by atoms with Crippen molar-refractivity contribution in [2.75, 3.05) is 26.2 Å². The van der Waals surface area contributed by atoms with E-state index in [1.165, 1.54) is 0 Å². The van der Waals surface area contributed by atoms with Crippen LogP contribution in [0.15, 0.2) is 0 Å². The summed E-state index contributed by atoms with van der Waals surface area (Å²) in [4.78, 5) is 2.37. The normalized spacial score (nSPS) is 24.2. The maximum atomic E-state index is 9.98. The fourth-order valence-electron chi connectivity index (χ4n) is 1.80. The molecule has 1 aliphatic rings. The summed E-state index contributed by atoms with van der Waals surface area (Å²) in [6.45, 7) is 5.90. The number of rotatable bonds is 3. The fraction of sp³-hybridized carbons (Fsp3) is 1.00. The number of nitrogens with zero attached hydrogens (tertiary/aromatic N) is 1. The van der Waals surface area contributed by atoms with Crippen LogP contribution in [0, 0.1) is 0 Å². The lowest BCUT2D eigenvalue weighted by Crippen LogP contribution is -2.45. The van der Waals surface area contributed by atoms with Crippen LogP contribution in [0.4, 0.5) is 0 Å². The van der Waals surface area contributed by atoms with Gasteiger partial charge in [-0.05, 0) is 32.4 Å². The highest BCUT2D eigenvalue weighted by molar-refractivity contribution is 4.85. The molecule has 0 unspecified atom stereocenters. The quantitative estimate of drug-likeness (QED) is 0.638. The van der Waals surface area contributed by atoms with E-state index in [1.54, 1.807) is 0 Å². The second-order valence-corrected chi connectivity index (χ2v) is 3.70. The number of likely N-dealkylation sites (tertiary alicyclic amines) is 1. The minimum atomic E-state index is -0.458. The number of nitrogens with two attached hydrogens (primary N) is 1. The largest absolute Gasteiger partial charge is 0.390 e. The van der Waals surface area contributed by atoms with Crippen molar-refractivity contribution in [3.05, 3.63) is 0 Å². The highest BCUT2D eigenvalue weighted by Gasteiger charge is 2.30. The summed E-state index contributed by atoms with van der Waals surface area (Å²) >= 11 is 0. The van der Waals surface area contributed by atoms with Gasteiger partial charge >= 0.3 is 0 Å². The van der Waals surface area contributed by atoms with Crippen LogP contribution < -0.4 is 5.73 Å². The molecule has 0 bridgehead atoms. The van der Waals surface area contributed by atoms with Crippen LogP contribution in [0.2, 0.25) is 0 Å². The smallest absolute Gasteiger partial charge is 0.0684 e. The van der Waals surface area contributed by atoms with Crippen molar-refractivity contribution < 1.29 is 5.11 Å². The molecule has 1 rings (SSSR count). The monoisotopic (exact) mass is 172 g/mol. The van der Waals surface area contributed by atoms with Crippen LogP contribution in [0.3, 0.4) is 0 Å². The lowest BCUT2D eigenvalue weighted by Gasteiger charge is -2.37. The molecule has 0 amide bonds. The number of hydrogen-bond acceptors (Lipinski definition) is 3. The standard InChI is InChI=1S/C9H20N2O/c1-2-11-7-4-9(12,3-6-10)5-8-11/h12H,2-8,10H2,1H3. The van der Waals surface area contributed by atoms with Gasteiger partial charge in [-0.25, -0.2) is 0 Å². The van der Waals surface area contributed by atoms with Crippen LogP contribution in [-0.2, 0) is 0 Å². The van der Waals surface area contributed by atoms with E-state index in [0.717, 1.165) is 38.9 Å². The van der Waals surface area contributed by atoms with E-state index < -0.39 is 5.60 Å². The maximum Gasteiger partial charge on any atom is 0.0684 e. The maximum absolute atomic E-state index is 9.98. The van der Waals surface area contributed by atoms with E-state index in [0.29, 0.717) is 6.54 Å². The minimum absolute atomic E-state index is 0.458. The Morgan fingerprint density at radius 2 is 2.00 bits per heavy atom. The van der Waals surface area contributed by atoms with Crippen molar-refractivity contribution in [1.29, 1.82) is 0 Å². The van der Waals surface area contributed by atoms with Crippen LogP contribution in [0.25, 0.3) is 0 Å². The van der Waals surface area contributed by atoms with Crippen molar-refractivity contribution in [3.63, 3.8) is 0 Å². The van der Waals surface area contributed by atoms with E-state index in [-0.39, 0.29) is 0 Å². The molecule has 1 aliphatic heterocycles. The van der Waals surface area contributed by atoms with E-state index in [4.69, 9.17) is 5.73 Å². The van der Waals surface area contributed by atoms with Gasteiger partial charge < -0.3 is 15.7 Å². The lowest BCUT2D eigenvalue weighted by molar-refractivity contribution is -0.0244. The highest BCUT2D eigenvalue weighted by atomic mass is 16.3. The Bertz CT molecular complexity index is 130. The van der Waals surface area contributed by atoms with Crippen LogP contribution in [-0.4, -0.2) is 41.8 Å². The molecular formula is C9H20N2O. The topological polar surface area (TPSA) is 49.5 Å². The number of piperidine rings is 1. The third kappa shape index (κ3) is 2.44. The summed E-state index contributed by atoms with van der Waals surface area (Å²) in [6.07, 6.45) is 2.53. The summed E-state index contributed by atoms with van der Waals surface area (Å²) in [5.41, 5.74) is 4.98. The van der Waals surface area contributed by atoms with Gasteiger partial charge in [0.1, 0.15) is 0 Å². The Morgan fingerprint density at radius 1 is 1.42 bits per heavy atom. The molecule has 1 fully saturated rings. The summed E-state index contributed by atoms with van der Waals surface area (Å²) in [5.74, 6) is 0. The highest BCUT2D eigenvalue weighted by Crippen LogP contribution is 2.24. The predicted molar refractivity (Wildman–Crippen MR) is 50.0 cm³/mol.